The third kappa shape index (κ3) is 4.19. The van der Waals surface area contributed by atoms with Crippen LogP contribution in [0.1, 0.15) is 12.8 Å². The highest BCUT2D eigenvalue weighted by Crippen LogP contribution is 2.10. The fourth-order valence-electron chi connectivity index (χ4n) is 1.72. The fourth-order valence-corrected chi connectivity index (χ4v) is 1.72. The van der Waals surface area contributed by atoms with Crippen LogP contribution < -0.4 is 10.6 Å². The number of carbonyl (C=O) groups is 4. The van der Waals surface area contributed by atoms with E-state index < -0.39 is 30.1 Å². The molecule has 0 bridgehead atoms. The van der Waals surface area contributed by atoms with Gasteiger partial charge in [0.15, 0.2) is 0 Å². The van der Waals surface area contributed by atoms with Crippen molar-refractivity contribution in [2.75, 3.05) is 20.7 Å². The Hall–Kier alpha value is -2.16. The molecule has 2 unspecified atom stereocenters. The van der Waals surface area contributed by atoms with Gasteiger partial charge in [-0.2, -0.15) is 0 Å². The second-order valence-corrected chi connectivity index (χ2v) is 4.36. The summed E-state index contributed by atoms with van der Waals surface area (Å²) in [6.07, 6.45) is -0.992. The molecule has 1 heterocycles. The molecule has 1 aliphatic rings. The van der Waals surface area contributed by atoms with Crippen LogP contribution in [0.2, 0.25) is 0 Å². The molecular weight excluding hydrogens is 270 g/mol. The minimum atomic E-state index is -1.04. The van der Waals surface area contributed by atoms with Gasteiger partial charge in [0, 0.05) is 20.7 Å². The van der Waals surface area contributed by atoms with Crippen LogP contribution in [0.25, 0.3) is 0 Å². The van der Waals surface area contributed by atoms with E-state index in [4.69, 9.17) is 9.84 Å². The van der Waals surface area contributed by atoms with Crippen LogP contribution in [-0.4, -0.2) is 66.7 Å². The first-order chi connectivity index (χ1) is 9.35. The highest BCUT2D eigenvalue weighted by atomic mass is 16.5. The van der Waals surface area contributed by atoms with Gasteiger partial charge in [-0.3, -0.25) is 19.3 Å². The van der Waals surface area contributed by atoms with Gasteiger partial charge in [-0.15, -0.1) is 0 Å². The number of likely N-dealkylation sites (N-methyl/N-ethyl adjacent to an activating group) is 1. The molecule has 4 amide bonds. The molecule has 0 saturated carbocycles. The number of carbonyl (C=O) groups excluding carboxylic acids is 3. The Morgan fingerprint density at radius 2 is 2.15 bits per heavy atom. The van der Waals surface area contributed by atoms with E-state index in [2.05, 4.69) is 10.6 Å². The molecule has 0 aromatic heterocycles. The Morgan fingerprint density at radius 3 is 2.60 bits per heavy atom. The van der Waals surface area contributed by atoms with Gasteiger partial charge in [-0.05, 0) is 0 Å². The molecule has 3 N–H and O–H groups in total. The molecule has 9 heteroatoms. The standard InChI is InChI=1S/C11H17N3O6/c1-14-8(15)4-7(10(14)18)13-11(19)12-5-6(20-2)3-9(16)17/h6-7H,3-5H2,1-2H3,(H,16,17)(H2,12,13,19). The number of likely N-dealkylation sites (tertiary alicyclic amines) is 1. The number of methoxy groups -OCH3 is 1. The highest BCUT2D eigenvalue weighted by molar-refractivity contribution is 6.06. The Bertz CT molecular complexity index is 424. The largest absolute Gasteiger partial charge is 0.481 e. The summed E-state index contributed by atoms with van der Waals surface area (Å²) in [5.41, 5.74) is 0. The van der Waals surface area contributed by atoms with Gasteiger partial charge < -0.3 is 20.5 Å². The van der Waals surface area contributed by atoms with E-state index in [0.29, 0.717) is 0 Å². The molecule has 9 nitrogen and oxygen atoms in total. The molecule has 0 spiro atoms. The number of urea groups is 1. The molecule has 20 heavy (non-hydrogen) atoms. The van der Waals surface area contributed by atoms with Crippen molar-refractivity contribution in [1.29, 1.82) is 0 Å². The predicted molar refractivity (Wildman–Crippen MR) is 65.8 cm³/mol. The second kappa shape index (κ2) is 6.85. The van der Waals surface area contributed by atoms with Crippen LogP contribution in [-0.2, 0) is 19.1 Å². The number of aliphatic carboxylic acids is 1. The first kappa shape index (κ1) is 15.9. The molecule has 112 valence electrons. The number of hydrogen-bond donors (Lipinski definition) is 3. The Kier molecular flexibility index (Phi) is 5.44. The molecule has 1 rings (SSSR count). The number of ether oxygens (including phenoxy) is 1. The van der Waals surface area contributed by atoms with Crippen LogP contribution in [0.5, 0.6) is 0 Å². The maximum absolute atomic E-state index is 11.6. The van der Waals surface area contributed by atoms with Crippen LogP contribution in [0.3, 0.4) is 0 Å². The van der Waals surface area contributed by atoms with E-state index in [1.165, 1.54) is 14.2 Å². The lowest BCUT2D eigenvalue weighted by atomic mass is 10.2. The van der Waals surface area contributed by atoms with Gasteiger partial charge in [0.2, 0.25) is 5.91 Å². The van der Waals surface area contributed by atoms with E-state index >= 15 is 0 Å². The lowest BCUT2D eigenvalue weighted by Gasteiger charge is -2.16. The zero-order chi connectivity index (χ0) is 15.3. The topological polar surface area (TPSA) is 125 Å². The number of nitrogens with zero attached hydrogens (tertiary/aromatic N) is 1. The molecule has 0 aliphatic carbocycles. The maximum Gasteiger partial charge on any atom is 0.315 e. The summed E-state index contributed by atoms with van der Waals surface area (Å²) in [5.74, 6) is -1.88. The number of imide groups is 1. The maximum atomic E-state index is 11.6. The molecule has 0 aromatic carbocycles. The quantitative estimate of drug-likeness (QED) is 0.512. The van der Waals surface area contributed by atoms with E-state index in [-0.39, 0.29) is 25.3 Å². The zero-order valence-corrected chi connectivity index (χ0v) is 11.2. The zero-order valence-electron chi connectivity index (χ0n) is 11.2. The van der Waals surface area contributed by atoms with E-state index in [1.54, 1.807) is 0 Å². The van der Waals surface area contributed by atoms with Gasteiger partial charge in [-0.1, -0.05) is 0 Å². The van der Waals surface area contributed by atoms with Crippen molar-refractivity contribution in [3.8, 4) is 0 Å². The van der Waals surface area contributed by atoms with E-state index in [0.717, 1.165) is 4.90 Å². The summed E-state index contributed by atoms with van der Waals surface area (Å²) in [6.45, 7) is -0.0146. The van der Waals surface area contributed by atoms with Crippen LogP contribution in [0, 0.1) is 0 Å². The Morgan fingerprint density at radius 1 is 1.50 bits per heavy atom. The molecule has 0 aromatic rings. The summed E-state index contributed by atoms with van der Waals surface area (Å²) >= 11 is 0. The van der Waals surface area contributed by atoms with E-state index in [1.807, 2.05) is 0 Å². The first-order valence-corrected chi connectivity index (χ1v) is 5.94. The van der Waals surface area contributed by atoms with Crippen molar-refractivity contribution in [1.82, 2.24) is 15.5 Å². The number of nitrogens with one attached hydrogen (secondary N) is 2. The SMILES string of the molecule is COC(CNC(=O)NC1CC(=O)N(C)C1=O)CC(=O)O. The average molecular weight is 287 g/mol. The summed E-state index contributed by atoms with van der Waals surface area (Å²) < 4.78 is 4.88. The van der Waals surface area contributed by atoms with Crippen molar-refractivity contribution in [2.24, 2.45) is 0 Å². The minimum Gasteiger partial charge on any atom is -0.481 e. The monoisotopic (exact) mass is 287 g/mol. The molecule has 0 radical (unpaired) electrons. The second-order valence-electron chi connectivity index (χ2n) is 4.36. The predicted octanol–water partition coefficient (Wildman–Crippen LogP) is -1.47. The van der Waals surface area contributed by atoms with E-state index in [9.17, 15) is 19.2 Å². The lowest BCUT2D eigenvalue weighted by Crippen LogP contribution is -2.47. The van der Waals surface area contributed by atoms with Gasteiger partial charge in [0.1, 0.15) is 6.04 Å². The molecule has 2 atom stereocenters. The first-order valence-electron chi connectivity index (χ1n) is 5.94. The van der Waals surface area contributed by atoms with Gasteiger partial charge in [-0.25, -0.2) is 4.79 Å². The van der Waals surface area contributed by atoms with Crippen LogP contribution in [0.15, 0.2) is 0 Å². The number of carboxylic acid groups (broad SMARTS) is 1. The third-order valence-electron chi connectivity index (χ3n) is 2.91. The minimum absolute atomic E-state index is 0.0146. The Labute approximate surface area is 115 Å². The summed E-state index contributed by atoms with van der Waals surface area (Å²) in [6, 6.07) is -1.54. The van der Waals surface area contributed by atoms with Crippen molar-refractivity contribution >= 4 is 23.8 Å². The fraction of sp³-hybridized carbons (Fsp3) is 0.636. The number of amides is 4. The highest BCUT2D eigenvalue weighted by Gasteiger charge is 2.36. The lowest BCUT2D eigenvalue weighted by molar-refractivity contribution is -0.140. The average Bonchev–Trinajstić information content (AvgIpc) is 2.61. The summed E-state index contributed by atoms with van der Waals surface area (Å²) in [4.78, 5) is 45.8. The molecule has 1 fully saturated rings. The van der Waals surface area contributed by atoms with Gasteiger partial charge >= 0.3 is 12.0 Å². The number of rotatable bonds is 6. The molecular formula is C11H17N3O6. The van der Waals surface area contributed by atoms with Gasteiger partial charge in [0.25, 0.3) is 5.91 Å². The van der Waals surface area contributed by atoms with Gasteiger partial charge in [0.05, 0.1) is 18.9 Å². The number of hydrogen-bond acceptors (Lipinski definition) is 5. The molecule has 1 aliphatic heterocycles. The normalized spacial score (nSPS) is 19.9. The molecule has 1 saturated heterocycles. The number of carboxylic acids is 1. The van der Waals surface area contributed by atoms with Crippen molar-refractivity contribution in [3.63, 3.8) is 0 Å². The van der Waals surface area contributed by atoms with Crippen molar-refractivity contribution in [2.45, 2.75) is 25.0 Å². The Balaban J connectivity index is 2.39. The third-order valence-corrected chi connectivity index (χ3v) is 2.91. The van der Waals surface area contributed by atoms with Crippen molar-refractivity contribution in [3.05, 3.63) is 0 Å². The van der Waals surface area contributed by atoms with Crippen molar-refractivity contribution < 1.29 is 29.0 Å². The summed E-state index contributed by atoms with van der Waals surface area (Å²) in [7, 11) is 2.68. The van der Waals surface area contributed by atoms with Crippen LogP contribution >= 0.6 is 0 Å². The summed E-state index contributed by atoms with van der Waals surface area (Å²) in [5, 5.41) is 13.4. The van der Waals surface area contributed by atoms with Crippen LogP contribution in [0.4, 0.5) is 4.79 Å². The smallest absolute Gasteiger partial charge is 0.315 e.